The van der Waals surface area contributed by atoms with Crippen LogP contribution in [0.2, 0.25) is 0 Å². The Labute approximate surface area is 103 Å². The van der Waals surface area contributed by atoms with E-state index in [0.717, 1.165) is 35.5 Å². The molecular formula is C14H21N3. The number of fused-ring (bicyclic) bond motifs is 1. The maximum absolute atomic E-state index is 4.39. The van der Waals surface area contributed by atoms with Crippen LogP contribution >= 0.6 is 0 Å². The van der Waals surface area contributed by atoms with Gasteiger partial charge in [-0.2, -0.15) is 0 Å². The molecule has 0 saturated carbocycles. The lowest BCUT2D eigenvalue weighted by Crippen LogP contribution is -2.12. The molecule has 0 bridgehead atoms. The van der Waals surface area contributed by atoms with E-state index in [2.05, 4.69) is 54.3 Å². The predicted molar refractivity (Wildman–Crippen MR) is 73.4 cm³/mol. The summed E-state index contributed by atoms with van der Waals surface area (Å²) in [6, 6.07) is 6.27. The van der Waals surface area contributed by atoms with Gasteiger partial charge in [0.15, 0.2) is 0 Å². The molecule has 3 nitrogen and oxygen atoms in total. The highest BCUT2D eigenvalue weighted by Crippen LogP contribution is 2.20. The third-order valence-corrected chi connectivity index (χ3v) is 2.80. The molecule has 0 amide bonds. The Bertz CT molecular complexity index is 506. The van der Waals surface area contributed by atoms with Gasteiger partial charge in [0.05, 0.1) is 11.0 Å². The van der Waals surface area contributed by atoms with Gasteiger partial charge in [-0.1, -0.05) is 20.8 Å². The number of nitrogens with one attached hydrogen (secondary N) is 2. The molecule has 0 spiro atoms. The predicted octanol–water partition coefficient (Wildman–Crippen LogP) is 3.72. The summed E-state index contributed by atoms with van der Waals surface area (Å²) in [5.41, 5.74) is 3.67. The minimum absolute atomic E-state index is 0.377. The summed E-state index contributed by atoms with van der Waals surface area (Å²) in [6.45, 7) is 9.76. The van der Waals surface area contributed by atoms with E-state index in [4.69, 9.17) is 0 Å². The molecule has 3 heteroatoms. The van der Waals surface area contributed by atoms with Crippen LogP contribution in [0.5, 0.6) is 0 Å². The molecule has 0 atom stereocenters. The van der Waals surface area contributed by atoms with Crippen molar-refractivity contribution >= 4 is 16.7 Å². The Hall–Kier alpha value is -1.51. The second-order valence-corrected chi connectivity index (χ2v) is 5.79. The number of rotatable bonds is 3. The molecule has 2 aromatic rings. The van der Waals surface area contributed by atoms with Crippen LogP contribution in [-0.4, -0.2) is 16.5 Å². The zero-order valence-electron chi connectivity index (χ0n) is 11.1. The zero-order chi connectivity index (χ0) is 12.5. The Morgan fingerprint density at radius 1 is 1.29 bits per heavy atom. The van der Waals surface area contributed by atoms with Crippen molar-refractivity contribution in [1.29, 1.82) is 0 Å². The Morgan fingerprint density at radius 3 is 2.76 bits per heavy atom. The van der Waals surface area contributed by atoms with Crippen LogP contribution in [0.25, 0.3) is 11.0 Å². The van der Waals surface area contributed by atoms with Crippen LogP contribution in [0.3, 0.4) is 0 Å². The first-order chi connectivity index (χ1) is 7.94. The van der Waals surface area contributed by atoms with Crippen molar-refractivity contribution in [3.05, 3.63) is 24.0 Å². The Kier molecular flexibility index (Phi) is 3.09. The third-order valence-electron chi connectivity index (χ3n) is 2.80. The molecule has 0 aliphatic heterocycles. The van der Waals surface area contributed by atoms with Crippen LogP contribution in [0.4, 0.5) is 5.69 Å². The fourth-order valence-corrected chi connectivity index (χ4v) is 1.83. The van der Waals surface area contributed by atoms with Crippen molar-refractivity contribution in [3.63, 3.8) is 0 Å². The van der Waals surface area contributed by atoms with E-state index in [0.29, 0.717) is 5.41 Å². The first kappa shape index (κ1) is 12.0. The van der Waals surface area contributed by atoms with E-state index in [1.165, 1.54) is 0 Å². The van der Waals surface area contributed by atoms with Crippen molar-refractivity contribution in [2.24, 2.45) is 5.41 Å². The molecular weight excluding hydrogens is 210 g/mol. The van der Waals surface area contributed by atoms with Crippen LogP contribution in [-0.2, 0) is 0 Å². The highest BCUT2D eigenvalue weighted by atomic mass is 14.9. The number of aryl methyl sites for hydroxylation is 1. The van der Waals surface area contributed by atoms with E-state index >= 15 is 0 Å². The van der Waals surface area contributed by atoms with Gasteiger partial charge in [0.1, 0.15) is 5.82 Å². The highest BCUT2D eigenvalue weighted by Gasteiger charge is 2.09. The number of hydrogen-bond donors (Lipinski definition) is 2. The molecule has 1 aromatic heterocycles. The second kappa shape index (κ2) is 4.40. The number of aromatic nitrogens is 2. The lowest BCUT2D eigenvalue weighted by molar-refractivity contribution is 0.390. The summed E-state index contributed by atoms with van der Waals surface area (Å²) in [4.78, 5) is 7.64. The average Bonchev–Trinajstić information content (AvgIpc) is 2.55. The van der Waals surface area contributed by atoms with Gasteiger partial charge >= 0.3 is 0 Å². The van der Waals surface area contributed by atoms with Gasteiger partial charge < -0.3 is 10.3 Å². The number of benzene rings is 1. The van der Waals surface area contributed by atoms with Crippen molar-refractivity contribution in [3.8, 4) is 0 Å². The molecule has 1 heterocycles. The summed E-state index contributed by atoms with van der Waals surface area (Å²) >= 11 is 0. The van der Waals surface area contributed by atoms with E-state index in [9.17, 15) is 0 Å². The molecule has 2 rings (SSSR count). The SMILES string of the molecule is Cc1nc2ccc(NCCC(C)(C)C)cc2[nH]1. The maximum Gasteiger partial charge on any atom is 0.104 e. The maximum atomic E-state index is 4.39. The van der Waals surface area contributed by atoms with Gasteiger partial charge in [-0.05, 0) is 37.0 Å². The molecule has 0 radical (unpaired) electrons. The van der Waals surface area contributed by atoms with E-state index < -0.39 is 0 Å². The summed E-state index contributed by atoms with van der Waals surface area (Å²) < 4.78 is 0. The first-order valence-electron chi connectivity index (χ1n) is 6.14. The minimum Gasteiger partial charge on any atom is -0.385 e. The third kappa shape index (κ3) is 3.22. The quantitative estimate of drug-likeness (QED) is 0.845. The smallest absolute Gasteiger partial charge is 0.104 e. The normalized spacial score (nSPS) is 12.0. The van der Waals surface area contributed by atoms with E-state index in [1.807, 2.05) is 6.92 Å². The van der Waals surface area contributed by atoms with Gasteiger partial charge in [-0.3, -0.25) is 0 Å². The number of aromatic amines is 1. The number of nitrogens with zero attached hydrogens (tertiary/aromatic N) is 1. The molecule has 0 aliphatic rings. The number of imidazole rings is 1. The summed E-state index contributed by atoms with van der Waals surface area (Å²) in [5.74, 6) is 0.965. The lowest BCUT2D eigenvalue weighted by atomic mass is 9.92. The number of hydrogen-bond acceptors (Lipinski definition) is 2. The van der Waals surface area contributed by atoms with E-state index in [-0.39, 0.29) is 0 Å². The van der Waals surface area contributed by atoms with E-state index in [1.54, 1.807) is 0 Å². The Balaban J connectivity index is 2.04. The van der Waals surface area contributed by atoms with Crippen LogP contribution in [0, 0.1) is 12.3 Å². The Morgan fingerprint density at radius 2 is 2.06 bits per heavy atom. The monoisotopic (exact) mass is 231 g/mol. The van der Waals surface area contributed by atoms with Crippen LogP contribution in [0.1, 0.15) is 33.0 Å². The average molecular weight is 231 g/mol. The molecule has 2 N–H and O–H groups in total. The summed E-state index contributed by atoms with van der Waals surface area (Å²) in [7, 11) is 0. The second-order valence-electron chi connectivity index (χ2n) is 5.79. The van der Waals surface area contributed by atoms with Crippen molar-refractivity contribution in [1.82, 2.24) is 9.97 Å². The summed E-state index contributed by atoms with van der Waals surface area (Å²) in [6.07, 6.45) is 1.16. The highest BCUT2D eigenvalue weighted by molar-refractivity contribution is 5.79. The number of H-pyrrole nitrogens is 1. The minimum atomic E-state index is 0.377. The largest absolute Gasteiger partial charge is 0.385 e. The van der Waals surface area contributed by atoms with Gasteiger partial charge in [0.25, 0.3) is 0 Å². The molecule has 17 heavy (non-hydrogen) atoms. The molecule has 0 fully saturated rings. The lowest BCUT2D eigenvalue weighted by Gasteiger charge is -2.18. The molecule has 0 saturated heterocycles. The first-order valence-corrected chi connectivity index (χ1v) is 6.14. The van der Waals surface area contributed by atoms with Gasteiger partial charge in [0, 0.05) is 12.2 Å². The molecule has 0 unspecified atom stereocenters. The topological polar surface area (TPSA) is 40.7 Å². The standard InChI is InChI=1S/C14H21N3/c1-10-16-12-6-5-11(9-13(12)17-10)15-8-7-14(2,3)4/h5-6,9,15H,7-8H2,1-4H3,(H,16,17). The molecule has 92 valence electrons. The number of anilines is 1. The van der Waals surface area contributed by atoms with Gasteiger partial charge in [-0.25, -0.2) is 4.98 Å². The molecule has 0 aliphatic carbocycles. The van der Waals surface area contributed by atoms with Crippen molar-refractivity contribution < 1.29 is 0 Å². The fraction of sp³-hybridized carbons (Fsp3) is 0.500. The van der Waals surface area contributed by atoms with Crippen molar-refractivity contribution in [2.75, 3.05) is 11.9 Å². The van der Waals surface area contributed by atoms with Crippen molar-refractivity contribution in [2.45, 2.75) is 34.1 Å². The van der Waals surface area contributed by atoms with Gasteiger partial charge in [-0.15, -0.1) is 0 Å². The van der Waals surface area contributed by atoms with Gasteiger partial charge in [0.2, 0.25) is 0 Å². The fourth-order valence-electron chi connectivity index (χ4n) is 1.83. The summed E-state index contributed by atoms with van der Waals surface area (Å²) in [5, 5.41) is 3.45. The zero-order valence-corrected chi connectivity index (χ0v) is 11.1. The molecule has 1 aromatic carbocycles. The van der Waals surface area contributed by atoms with Crippen LogP contribution in [0.15, 0.2) is 18.2 Å². The van der Waals surface area contributed by atoms with Crippen LogP contribution < -0.4 is 5.32 Å².